The first-order chi connectivity index (χ1) is 6.96. The maximum absolute atomic E-state index is 11.8. The molecule has 3 nitrogen and oxygen atoms in total. The highest BCUT2D eigenvalue weighted by atomic mass is 32.3. The molecule has 0 fully saturated rings. The van der Waals surface area contributed by atoms with Gasteiger partial charge in [0.05, 0.1) is 0 Å². The molecule has 1 atom stereocenters. The highest BCUT2D eigenvalue weighted by molar-refractivity contribution is 8.14. The number of hydrogen-bond donors (Lipinski definition) is 0. The van der Waals surface area contributed by atoms with Gasteiger partial charge in [0.2, 0.25) is 0 Å². The van der Waals surface area contributed by atoms with Crippen LogP contribution in [0.2, 0.25) is 0 Å². The SMILES string of the molecule is CSC(C(=O)c1ccccc1)S(C)(=O)=O. The molecular formula is C10H12O3S2. The maximum atomic E-state index is 11.8. The van der Waals surface area contributed by atoms with Gasteiger partial charge in [-0.25, -0.2) is 8.42 Å². The Kier molecular flexibility index (Phi) is 3.93. The van der Waals surface area contributed by atoms with Crippen LogP contribution >= 0.6 is 11.8 Å². The third-order valence-corrected chi connectivity index (χ3v) is 5.14. The minimum atomic E-state index is -3.35. The van der Waals surface area contributed by atoms with Crippen LogP contribution in [0, 0.1) is 0 Å². The molecule has 0 saturated carbocycles. The molecule has 0 aromatic heterocycles. The standard InChI is InChI=1S/C10H12O3S2/c1-14-10(15(2,12)13)9(11)8-6-4-3-5-7-8/h3-7,10H,1-2H3. The maximum Gasteiger partial charge on any atom is 0.191 e. The molecule has 1 aromatic rings. The van der Waals surface area contributed by atoms with Crippen LogP contribution in [0.3, 0.4) is 0 Å². The zero-order valence-electron chi connectivity index (χ0n) is 8.51. The number of benzene rings is 1. The van der Waals surface area contributed by atoms with Crippen LogP contribution in [-0.4, -0.2) is 31.3 Å². The summed E-state index contributed by atoms with van der Waals surface area (Å²) < 4.78 is 21.7. The van der Waals surface area contributed by atoms with E-state index in [0.29, 0.717) is 5.56 Å². The fourth-order valence-corrected chi connectivity index (χ4v) is 3.49. The number of Topliss-reactive ketones (excluding diaryl/α,β-unsaturated/α-hetero) is 1. The Bertz CT molecular complexity index is 437. The minimum absolute atomic E-state index is 0.356. The van der Waals surface area contributed by atoms with Gasteiger partial charge in [0.1, 0.15) is 0 Å². The topological polar surface area (TPSA) is 51.2 Å². The van der Waals surface area contributed by atoms with Gasteiger partial charge >= 0.3 is 0 Å². The summed E-state index contributed by atoms with van der Waals surface area (Å²) in [4.78, 5) is 11.8. The van der Waals surface area contributed by atoms with Gasteiger partial charge in [-0.3, -0.25) is 4.79 Å². The predicted molar refractivity (Wildman–Crippen MR) is 62.9 cm³/mol. The number of ketones is 1. The first-order valence-electron chi connectivity index (χ1n) is 4.27. The summed E-state index contributed by atoms with van der Waals surface area (Å²) in [7, 11) is -3.35. The van der Waals surface area contributed by atoms with E-state index in [4.69, 9.17) is 0 Å². The summed E-state index contributed by atoms with van der Waals surface area (Å²) in [6.45, 7) is 0. The Hall–Kier alpha value is -0.810. The van der Waals surface area contributed by atoms with Crippen LogP contribution in [0.4, 0.5) is 0 Å². The first-order valence-corrected chi connectivity index (χ1v) is 7.52. The number of sulfone groups is 1. The fourth-order valence-electron chi connectivity index (χ4n) is 1.21. The molecule has 5 heteroatoms. The number of thioether (sulfide) groups is 1. The van der Waals surface area contributed by atoms with Crippen LogP contribution in [-0.2, 0) is 9.84 Å². The van der Waals surface area contributed by atoms with Gasteiger partial charge in [-0.05, 0) is 6.26 Å². The van der Waals surface area contributed by atoms with Crippen molar-refractivity contribution in [3.8, 4) is 0 Å². The summed E-state index contributed by atoms with van der Waals surface area (Å²) in [6.07, 6.45) is 2.70. The van der Waals surface area contributed by atoms with E-state index in [0.717, 1.165) is 18.0 Å². The molecular weight excluding hydrogens is 232 g/mol. The van der Waals surface area contributed by atoms with E-state index in [9.17, 15) is 13.2 Å². The molecule has 0 aliphatic rings. The van der Waals surface area contributed by atoms with E-state index in [2.05, 4.69) is 0 Å². The Morgan fingerprint density at radius 2 is 1.80 bits per heavy atom. The largest absolute Gasteiger partial charge is 0.292 e. The lowest BCUT2D eigenvalue weighted by Crippen LogP contribution is -2.26. The quantitative estimate of drug-likeness (QED) is 0.755. The first kappa shape index (κ1) is 12.3. The number of rotatable bonds is 4. The summed E-state index contributed by atoms with van der Waals surface area (Å²) >= 11 is 1.04. The lowest BCUT2D eigenvalue weighted by Gasteiger charge is -2.10. The highest BCUT2D eigenvalue weighted by Crippen LogP contribution is 2.18. The second-order valence-electron chi connectivity index (χ2n) is 3.13. The van der Waals surface area contributed by atoms with E-state index in [1.54, 1.807) is 36.6 Å². The van der Waals surface area contributed by atoms with Crippen molar-refractivity contribution in [2.75, 3.05) is 12.5 Å². The van der Waals surface area contributed by atoms with Crippen molar-refractivity contribution in [3.05, 3.63) is 35.9 Å². The number of hydrogen-bond acceptors (Lipinski definition) is 4. The van der Waals surface area contributed by atoms with Crippen LogP contribution in [0.25, 0.3) is 0 Å². The average Bonchev–Trinajstić information content (AvgIpc) is 2.18. The molecule has 0 bridgehead atoms. The molecule has 1 aromatic carbocycles. The summed E-state index contributed by atoms with van der Waals surface area (Å²) in [5.74, 6) is -0.356. The zero-order chi connectivity index (χ0) is 11.5. The van der Waals surface area contributed by atoms with Crippen molar-refractivity contribution in [3.63, 3.8) is 0 Å². The van der Waals surface area contributed by atoms with Crippen molar-refractivity contribution in [2.45, 2.75) is 4.58 Å². The van der Waals surface area contributed by atoms with Gasteiger partial charge < -0.3 is 0 Å². The van der Waals surface area contributed by atoms with Gasteiger partial charge in [-0.15, -0.1) is 11.8 Å². The number of carbonyl (C=O) groups excluding carboxylic acids is 1. The van der Waals surface area contributed by atoms with Gasteiger partial charge in [-0.1, -0.05) is 30.3 Å². The molecule has 0 heterocycles. The van der Waals surface area contributed by atoms with Crippen molar-refractivity contribution >= 4 is 27.4 Å². The molecule has 0 radical (unpaired) electrons. The van der Waals surface area contributed by atoms with E-state index in [-0.39, 0.29) is 5.78 Å². The lowest BCUT2D eigenvalue weighted by atomic mass is 10.1. The molecule has 0 saturated heterocycles. The molecule has 15 heavy (non-hydrogen) atoms. The van der Waals surface area contributed by atoms with Gasteiger partial charge in [0.25, 0.3) is 0 Å². The average molecular weight is 244 g/mol. The Morgan fingerprint density at radius 3 is 2.20 bits per heavy atom. The third-order valence-electron chi connectivity index (χ3n) is 1.88. The molecule has 0 aliphatic heterocycles. The van der Waals surface area contributed by atoms with Crippen molar-refractivity contribution in [2.24, 2.45) is 0 Å². The highest BCUT2D eigenvalue weighted by Gasteiger charge is 2.28. The van der Waals surface area contributed by atoms with Gasteiger partial charge in [0.15, 0.2) is 20.2 Å². The summed E-state index contributed by atoms with van der Waals surface area (Å²) in [5.41, 5.74) is 0.433. The monoisotopic (exact) mass is 244 g/mol. The molecule has 82 valence electrons. The van der Waals surface area contributed by atoms with E-state index < -0.39 is 14.4 Å². The number of carbonyl (C=O) groups is 1. The van der Waals surface area contributed by atoms with E-state index >= 15 is 0 Å². The van der Waals surface area contributed by atoms with Crippen LogP contribution in [0.5, 0.6) is 0 Å². The Balaban J connectivity index is 3.04. The second kappa shape index (κ2) is 4.81. The molecule has 0 aliphatic carbocycles. The molecule has 0 amide bonds. The molecule has 1 unspecified atom stereocenters. The third kappa shape index (κ3) is 3.07. The van der Waals surface area contributed by atoms with Crippen molar-refractivity contribution in [1.29, 1.82) is 0 Å². The Morgan fingerprint density at radius 1 is 1.27 bits per heavy atom. The zero-order valence-corrected chi connectivity index (χ0v) is 10.1. The van der Waals surface area contributed by atoms with Gasteiger partial charge in [-0.2, -0.15) is 0 Å². The van der Waals surface area contributed by atoms with E-state index in [1.165, 1.54) is 0 Å². The van der Waals surface area contributed by atoms with Crippen molar-refractivity contribution in [1.82, 2.24) is 0 Å². The van der Waals surface area contributed by atoms with Crippen LogP contribution in [0.15, 0.2) is 30.3 Å². The van der Waals surface area contributed by atoms with E-state index in [1.807, 2.05) is 0 Å². The van der Waals surface area contributed by atoms with Gasteiger partial charge in [0, 0.05) is 11.8 Å². The predicted octanol–water partition coefficient (Wildman–Crippen LogP) is 1.60. The van der Waals surface area contributed by atoms with Crippen molar-refractivity contribution < 1.29 is 13.2 Å². The smallest absolute Gasteiger partial charge is 0.191 e. The lowest BCUT2D eigenvalue weighted by molar-refractivity contribution is 0.101. The van der Waals surface area contributed by atoms with Crippen LogP contribution < -0.4 is 0 Å². The second-order valence-corrected chi connectivity index (χ2v) is 6.50. The summed E-state index contributed by atoms with van der Waals surface area (Å²) in [5, 5.41) is 0. The Labute approximate surface area is 93.8 Å². The minimum Gasteiger partial charge on any atom is -0.292 e. The van der Waals surface area contributed by atoms with Crippen LogP contribution in [0.1, 0.15) is 10.4 Å². The fraction of sp³-hybridized carbons (Fsp3) is 0.300. The summed E-state index contributed by atoms with van der Waals surface area (Å²) in [6, 6.07) is 8.46. The molecule has 0 spiro atoms. The normalized spacial score (nSPS) is 13.5. The molecule has 0 N–H and O–H groups in total. The molecule has 1 rings (SSSR count).